The Hall–Kier alpha value is -0.830. The van der Waals surface area contributed by atoms with Crippen LogP contribution in [-0.2, 0) is 13.0 Å². The van der Waals surface area contributed by atoms with Crippen LogP contribution >= 0.6 is 0 Å². The average Bonchev–Trinajstić information content (AvgIpc) is 2.63. The van der Waals surface area contributed by atoms with E-state index in [0.717, 1.165) is 32.5 Å². The van der Waals surface area contributed by atoms with Gasteiger partial charge < -0.3 is 5.32 Å². The van der Waals surface area contributed by atoms with Gasteiger partial charge in [0.05, 0.1) is 0 Å². The van der Waals surface area contributed by atoms with Gasteiger partial charge in [0.15, 0.2) is 0 Å². The maximum atomic E-state index is 4.34. The predicted molar refractivity (Wildman–Crippen MR) is 63.9 cm³/mol. The van der Waals surface area contributed by atoms with Gasteiger partial charge in [-0.3, -0.25) is 4.68 Å². The second kappa shape index (κ2) is 6.62. The lowest BCUT2D eigenvalue weighted by atomic mass is 10.1. The van der Waals surface area contributed by atoms with Crippen molar-refractivity contribution < 1.29 is 0 Å². The van der Waals surface area contributed by atoms with Crippen molar-refractivity contribution in [3.63, 3.8) is 0 Å². The highest BCUT2D eigenvalue weighted by molar-refractivity contribution is 5.01. The van der Waals surface area contributed by atoms with Gasteiger partial charge in [-0.25, -0.2) is 0 Å². The van der Waals surface area contributed by atoms with Crippen LogP contribution in [0.2, 0.25) is 0 Å². The predicted octanol–water partition coefficient (Wildman–Crippen LogP) is 2.08. The first kappa shape index (κ1) is 12.2. The largest absolute Gasteiger partial charge is 0.317 e. The molecule has 1 heterocycles. The van der Waals surface area contributed by atoms with Crippen molar-refractivity contribution in [2.24, 2.45) is 5.92 Å². The van der Waals surface area contributed by atoms with Crippen LogP contribution in [0.1, 0.15) is 32.9 Å². The highest BCUT2D eigenvalue weighted by Gasteiger charge is 2.07. The standard InChI is InChI=1S/C12H23N3/c1-4-8-15-12(6-7-14-15)9-11(3)10-13-5-2/h6-7,11,13H,4-5,8-10H2,1-3H3. The van der Waals surface area contributed by atoms with Crippen molar-refractivity contribution in [2.75, 3.05) is 13.1 Å². The Morgan fingerprint density at radius 2 is 2.27 bits per heavy atom. The summed E-state index contributed by atoms with van der Waals surface area (Å²) in [6.45, 7) is 9.80. The fraction of sp³-hybridized carbons (Fsp3) is 0.750. The van der Waals surface area contributed by atoms with Crippen molar-refractivity contribution in [1.29, 1.82) is 0 Å². The van der Waals surface area contributed by atoms with E-state index in [-0.39, 0.29) is 0 Å². The Bertz CT molecular complexity index is 268. The molecule has 1 aromatic heterocycles. The molecule has 1 rings (SSSR count). The van der Waals surface area contributed by atoms with Crippen LogP contribution in [0.25, 0.3) is 0 Å². The summed E-state index contributed by atoms with van der Waals surface area (Å²) in [6, 6.07) is 2.14. The molecule has 0 saturated carbocycles. The maximum Gasteiger partial charge on any atom is 0.0492 e. The molecule has 0 bridgehead atoms. The smallest absolute Gasteiger partial charge is 0.0492 e. The highest BCUT2D eigenvalue weighted by Crippen LogP contribution is 2.08. The molecule has 1 aromatic rings. The SMILES string of the molecule is CCCn1nccc1CC(C)CNCC. The molecule has 0 radical (unpaired) electrons. The summed E-state index contributed by atoms with van der Waals surface area (Å²) in [5, 5.41) is 7.72. The summed E-state index contributed by atoms with van der Waals surface area (Å²) in [6.07, 6.45) is 4.17. The summed E-state index contributed by atoms with van der Waals surface area (Å²) in [7, 11) is 0. The molecule has 86 valence electrons. The van der Waals surface area contributed by atoms with Crippen LogP contribution in [0.15, 0.2) is 12.3 Å². The molecule has 0 aromatic carbocycles. The van der Waals surface area contributed by atoms with Gasteiger partial charge in [0.2, 0.25) is 0 Å². The average molecular weight is 209 g/mol. The van der Waals surface area contributed by atoms with Gasteiger partial charge in [0.25, 0.3) is 0 Å². The highest BCUT2D eigenvalue weighted by atomic mass is 15.3. The first-order valence-electron chi connectivity index (χ1n) is 5.99. The van der Waals surface area contributed by atoms with E-state index in [1.54, 1.807) is 0 Å². The van der Waals surface area contributed by atoms with E-state index >= 15 is 0 Å². The lowest BCUT2D eigenvalue weighted by molar-refractivity contribution is 0.487. The molecule has 1 unspecified atom stereocenters. The molecular formula is C12H23N3. The Labute approximate surface area is 92.9 Å². The first-order valence-corrected chi connectivity index (χ1v) is 5.99. The van der Waals surface area contributed by atoms with Gasteiger partial charge in [-0.2, -0.15) is 5.10 Å². The molecule has 0 aliphatic rings. The lowest BCUT2D eigenvalue weighted by Gasteiger charge is -2.12. The number of hydrogen-bond donors (Lipinski definition) is 1. The molecule has 0 fully saturated rings. The van der Waals surface area contributed by atoms with Crippen molar-refractivity contribution in [3.05, 3.63) is 18.0 Å². The number of nitrogens with zero attached hydrogens (tertiary/aromatic N) is 2. The molecule has 0 saturated heterocycles. The third-order valence-corrected chi connectivity index (χ3v) is 2.54. The topological polar surface area (TPSA) is 29.9 Å². The minimum Gasteiger partial charge on any atom is -0.317 e. The second-order valence-corrected chi connectivity index (χ2v) is 4.16. The third kappa shape index (κ3) is 4.04. The fourth-order valence-corrected chi connectivity index (χ4v) is 1.77. The van der Waals surface area contributed by atoms with Crippen molar-refractivity contribution >= 4 is 0 Å². The molecule has 0 aliphatic carbocycles. The Balaban J connectivity index is 2.44. The van der Waals surface area contributed by atoms with Gasteiger partial charge in [-0.05, 0) is 37.9 Å². The number of nitrogens with one attached hydrogen (secondary N) is 1. The fourth-order valence-electron chi connectivity index (χ4n) is 1.77. The zero-order chi connectivity index (χ0) is 11.1. The molecule has 1 N–H and O–H groups in total. The van der Waals surface area contributed by atoms with Crippen LogP contribution in [0.3, 0.4) is 0 Å². The summed E-state index contributed by atoms with van der Waals surface area (Å²) in [5.74, 6) is 0.678. The molecule has 0 amide bonds. The van der Waals surface area contributed by atoms with E-state index in [4.69, 9.17) is 0 Å². The molecular weight excluding hydrogens is 186 g/mol. The van der Waals surface area contributed by atoms with E-state index in [1.807, 2.05) is 6.20 Å². The minimum atomic E-state index is 0.678. The van der Waals surface area contributed by atoms with Crippen molar-refractivity contribution in [2.45, 2.75) is 40.2 Å². The van der Waals surface area contributed by atoms with E-state index in [1.165, 1.54) is 5.69 Å². The van der Waals surface area contributed by atoms with Gasteiger partial charge in [-0.1, -0.05) is 20.8 Å². The van der Waals surface area contributed by atoms with Gasteiger partial charge in [0.1, 0.15) is 0 Å². The Kier molecular flexibility index (Phi) is 5.40. The van der Waals surface area contributed by atoms with E-state index in [2.05, 4.69) is 41.9 Å². The quantitative estimate of drug-likeness (QED) is 0.745. The van der Waals surface area contributed by atoms with Crippen LogP contribution in [-0.4, -0.2) is 22.9 Å². The zero-order valence-electron chi connectivity index (χ0n) is 10.2. The number of hydrogen-bond acceptors (Lipinski definition) is 2. The molecule has 3 nitrogen and oxygen atoms in total. The number of rotatable bonds is 7. The second-order valence-electron chi connectivity index (χ2n) is 4.16. The molecule has 1 atom stereocenters. The summed E-state index contributed by atoms with van der Waals surface area (Å²) >= 11 is 0. The lowest BCUT2D eigenvalue weighted by Crippen LogP contribution is -2.22. The molecule has 15 heavy (non-hydrogen) atoms. The summed E-state index contributed by atoms with van der Waals surface area (Å²) < 4.78 is 2.13. The van der Waals surface area contributed by atoms with Gasteiger partial charge in [0, 0.05) is 18.4 Å². The van der Waals surface area contributed by atoms with Gasteiger partial charge >= 0.3 is 0 Å². The van der Waals surface area contributed by atoms with E-state index in [9.17, 15) is 0 Å². The first-order chi connectivity index (χ1) is 7.27. The van der Waals surface area contributed by atoms with Crippen LogP contribution in [0.4, 0.5) is 0 Å². The number of aryl methyl sites for hydroxylation is 1. The van der Waals surface area contributed by atoms with Crippen molar-refractivity contribution in [1.82, 2.24) is 15.1 Å². The minimum absolute atomic E-state index is 0.678. The summed E-state index contributed by atoms with van der Waals surface area (Å²) in [4.78, 5) is 0. The monoisotopic (exact) mass is 209 g/mol. The molecule has 3 heteroatoms. The van der Waals surface area contributed by atoms with Gasteiger partial charge in [-0.15, -0.1) is 0 Å². The van der Waals surface area contributed by atoms with E-state index < -0.39 is 0 Å². The van der Waals surface area contributed by atoms with Crippen LogP contribution in [0.5, 0.6) is 0 Å². The molecule has 0 aliphatic heterocycles. The van der Waals surface area contributed by atoms with Crippen molar-refractivity contribution in [3.8, 4) is 0 Å². The van der Waals surface area contributed by atoms with Crippen LogP contribution in [0, 0.1) is 5.92 Å². The number of aromatic nitrogens is 2. The Morgan fingerprint density at radius 3 is 2.93 bits per heavy atom. The summed E-state index contributed by atoms with van der Waals surface area (Å²) in [5.41, 5.74) is 1.36. The molecule has 0 spiro atoms. The maximum absolute atomic E-state index is 4.34. The third-order valence-electron chi connectivity index (χ3n) is 2.54. The van der Waals surface area contributed by atoms with E-state index in [0.29, 0.717) is 5.92 Å². The zero-order valence-corrected chi connectivity index (χ0v) is 10.2. The normalized spacial score (nSPS) is 13.0. The Morgan fingerprint density at radius 1 is 1.47 bits per heavy atom. The van der Waals surface area contributed by atoms with Crippen LogP contribution < -0.4 is 5.32 Å².